The molecule has 1 rings (SSSR count). The van der Waals surface area contributed by atoms with Crippen LogP contribution < -0.4 is 4.90 Å². The highest BCUT2D eigenvalue weighted by Gasteiger charge is 2.11. The molecule has 0 aromatic heterocycles. The largest absolute Gasteiger partial charge is 0.478 e. The normalized spacial score (nSPS) is 9.94. The van der Waals surface area contributed by atoms with Gasteiger partial charge in [0.05, 0.1) is 5.56 Å². The lowest BCUT2D eigenvalue weighted by molar-refractivity contribution is 0.0692. The fourth-order valence-electron chi connectivity index (χ4n) is 1.41. The van der Waals surface area contributed by atoms with Crippen molar-refractivity contribution in [3.8, 4) is 0 Å². The molecule has 0 spiro atoms. The lowest BCUT2D eigenvalue weighted by Crippen LogP contribution is -2.19. The summed E-state index contributed by atoms with van der Waals surface area (Å²) in [6, 6.07) is 4.06. The summed E-state index contributed by atoms with van der Waals surface area (Å²) in [4.78, 5) is 12.4. The van der Waals surface area contributed by atoms with Crippen molar-refractivity contribution in [2.45, 2.75) is 6.92 Å². The maximum Gasteiger partial charge on any atom is 0.338 e. The third-order valence-corrected chi connectivity index (χ3v) is 2.13. The maximum absolute atomic E-state index is 13.4. The second kappa shape index (κ2) is 4.79. The Morgan fingerprint density at radius 1 is 1.56 bits per heavy atom. The molecule has 0 unspecified atom stereocenters. The molecule has 0 atom stereocenters. The van der Waals surface area contributed by atoms with Gasteiger partial charge in [-0.3, -0.25) is 0 Å². The summed E-state index contributed by atoms with van der Waals surface area (Å²) in [5.41, 5.74) is 1.27. The molecule has 0 amide bonds. The molecule has 0 aliphatic carbocycles. The van der Waals surface area contributed by atoms with Crippen LogP contribution in [-0.2, 0) is 0 Å². The minimum atomic E-state index is -1.26. The van der Waals surface area contributed by atoms with E-state index >= 15 is 0 Å². The monoisotopic (exact) mass is 223 g/mol. The zero-order valence-corrected chi connectivity index (χ0v) is 9.33. The lowest BCUT2D eigenvalue weighted by atomic mass is 10.2. The second-order valence-electron chi connectivity index (χ2n) is 3.78. The molecular formula is C12H14FNO2. The number of aromatic carboxylic acids is 1. The van der Waals surface area contributed by atoms with Crippen LogP contribution in [0.25, 0.3) is 0 Å². The average Bonchev–Trinajstić information content (AvgIpc) is 2.15. The SMILES string of the molecule is C=C(C)CN(C)c1ccc(C(=O)O)c(F)c1. The van der Waals surface area contributed by atoms with E-state index < -0.39 is 11.8 Å². The van der Waals surface area contributed by atoms with Crippen LogP contribution in [0.1, 0.15) is 17.3 Å². The van der Waals surface area contributed by atoms with E-state index in [0.717, 1.165) is 5.57 Å². The summed E-state index contributed by atoms with van der Waals surface area (Å²) in [6.45, 7) is 6.24. The minimum absolute atomic E-state index is 0.313. The maximum atomic E-state index is 13.4. The Labute approximate surface area is 93.8 Å². The van der Waals surface area contributed by atoms with Crippen molar-refractivity contribution < 1.29 is 14.3 Å². The van der Waals surface area contributed by atoms with Crippen molar-refractivity contribution in [1.29, 1.82) is 0 Å². The molecule has 16 heavy (non-hydrogen) atoms. The van der Waals surface area contributed by atoms with Gasteiger partial charge in [0.15, 0.2) is 0 Å². The highest BCUT2D eigenvalue weighted by molar-refractivity contribution is 5.88. The molecule has 0 saturated carbocycles. The first kappa shape index (κ1) is 12.2. The number of halogens is 1. The molecule has 3 nitrogen and oxygen atoms in total. The van der Waals surface area contributed by atoms with Crippen molar-refractivity contribution in [2.75, 3.05) is 18.5 Å². The summed E-state index contributed by atoms with van der Waals surface area (Å²) in [7, 11) is 1.80. The number of carboxylic acids is 1. The van der Waals surface area contributed by atoms with E-state index in [-0.39, 0.29) is 5.56 Å². The fourth-order valence-corrected chi connectivity index (χ4v) is 1.41. The number of hydrogen-bond acceptors (Lipinski definition) is 2. The zero-order valence-electron chi connectivity index (χ0n) is 9.33. The van der Waals surface area contributed by atoms with E-state index in [1.807, 2.05) is 6.92 Å². The molecule has 0 heterocycles. The molecule has 0 saturated heterocycles. The highest BCUT2D eigenvalue weighted by atomic mass is 19.1. The number of likely N-dealkylation sites (N-methyl/N-ethyl adjacent to an activating group) is 1. The molecule has 0 fully saturated rings. The summed E-state index contributed by atoms with van der Waals surface area (Å²) in [5, 5.41) is 8.67. The van der Waals surface area contributed by atoms with Gasteiger partial charge in [-0.1, -0.05) is 12.2 Å². The number of carbonyl (C=O) groups is 1. The first-order valence-corrected chi connectivity index (χ1v) is 4.80. The molecule has 1 aromatic carbocycles. The fraction of sp³-hybridized carbons (Fsp3) is 0.250. The third kappa shape index (κ3) is 2.82. The Bertz CT molecular complexity index is 429. The lowest BCUT2D eigenvalue weighted by Gasteiger charge is -2.19. The Balaban J connectivity index is 2.96. The molecule has 1 N–H and O–H groups in total. The summed E-state index contributed by atoms with van der Waals surface area (Å²) >= 11 is 0. The van der Waals surface area contributed by atoms with Crippen LogP contribution in [0, 0.1) is 5.82 Å². The number of nitrogens with zero attached hydrogens (tertiary/aromatic N) is 1. The molecule has 0 bridgehead atoms. The van der Waals surface area contributed by atoms with Gasteiger partial charge in [-0.25, -0.2) is 9.18 Å². The standard InChI is InChI=1S/C12H14FNO2/c1-8(2)7-14(3)9-4-5-10(12(15)16)11(13)6-9/h4-6H,1,7H2,2-3H3,(H,15,16). The molecule has 0 aliphatic rings. The van der Waals surface area contributed by atoms with E-state index in [1.165, 1.54) is 12.1 Å². The van der Waals surface area contributed by atoms with Gasteiger partial charge in [0.2, 0.25) is 0 Å². The Hall–Kier alpha value is -1.84. The number of carboxylic acid groups (broad SMARTS) is 1. The number of benzene rings is 1. The summed E-state index contributed by atoms with van der Waals surface area (Å²) < 4.78 is 13.4. The molecule has 86 valence electrons. The van der Waals surface area contributed by atoms with Crippen LogP contribution in [-0.4, -0.2) is 24.7 Å². The third-order valence-electron chi connectivity index (χ3n) is 2.13. The van der Waals surface area contributed by atoms with Crippen LogP contribution in [0.3, 0.4) is 0 Å². The predicted molar refractivity (Wildman–Crippen MR) is 61.4 cm³/mol. The van der Waals surface area contributed by atoms with Gasteiger partial charge in [0.25, 0.3) is 0 Å². The quantitative estimate of drug-likeness (QED) is 0.797. The molecule has 1 aromatic rings. The number of hydrogen-bond donors (Lipinski definition) is 1. The van der Waals surface area contributed by atoms with Gasteiger partial charge >= 0.3 is 5.97 Å². The molecule has 4 heteroatoms. The van der Waals surface area contributed by atoms with Crippen LogP contribution in [0.2, 0.25) is 0 Å². The van der Waals surface area contributed by atoms with Gasteiger partial charge in [0.1, 0.15) is 5.82 Å². The predicted octanol–water partition coefficient (Wildman–Crippen LogP) is 2.54. The minimum Gasteiger partial charge on any atom is -0.478 e. The van der Waals surface area contributed by atoms with Gasteiger partial charge in [-0.15, -0.1) is 0 Å². The van der Waals surface area contributed by atoms with Crippen LogP contribution in [0.15, 0.2) is 30.4 Å². The highest BCUT2D eigenvalue weighted by Crippen LogP contribution is 2.18. The zero-order chi connectivity index (χ0) is 12.3. The van der Waals surface area contributed by atoms with Crippen molar-refractivity contribution in [3.63, 3.8) is 0 Å². The summed E-state index contributed by atoms with van der Waals surface area (Å²) in [5.74, 6) is -1.98. The van der Waals surface area contributed by atoms with Crippen LogP contribution in [0.4, 0.5) is 10.1 Å². The molecular weight excluding hydrogens is 209 g/mol. The van der Waals surface area contributed by atoms with Gasteiger partial charge in [-0.2, -0.15) is 0 Å². The Morgan fingerprint density at radius 2 is 2.19 bits per heavy atom. The summed E-state index contributed by atoms with van der Waals surface area (Å²) in [6.07, 6.45) is 0. The van der Waals surface area contributed by atoms with Gasteiger partial charge < -0.3 is 10.0 Å². The molecule has 0 aliphatic heterocycles. The van der Waals surface area contributed by atoms with Crippen molar-refractivity contribution in [2.24, 2.45) is 0 Å². The Kier molecular flexibility index (Phi) is 3.66. The van der Waals surface area contributed by atoms with Gasteiger partial charge in [0, 0.05) is 19.3 Å². The number of anilines is 1. The van der Waals surface area contributed by atoms with Crippen molar-refractivity contribution in [1.82, 2.24) is 0 Å². The van der Waals surface area contributed by atoms with E-state index in [4.69, 9.17) is 5.11 Å². The van der Waals surface area contributed by atoms with Crippen LogP contribution >= 0.6 is 0 Å². The first-order valence-electron chi connectivity index (χ1n) is 4.80. The van der Waals surface area contributed by atoms with E-state index in [1.54, 1.807) is 18.0 Å². The van der Waals surface area contributed by atoms with Crippen molar-refractivity contribution in [3.05, 3.63) is 41.7 Å². The number of rotatable bonds is 4. The smallest absolute Gasteiger partial charge is 0.338 e. The van der Waals surface area contributed by atoms with Crippen LogP contribution in [0.5, 0.6) is 0 Å². The van der Waals surface area contributed by atoms with E-state index in [9.17, 15) is 9.18 Å². The first-order chi connectivity index (χ1) is 7.41. The Morgan fingerprint density at radius 3 is 2.62 bits per heavy atom. The van der Waals surface area contributed by atoms with E-state index in [0.29, 0.717) is 12.2 Å². The molecule has 0 radical (unpaired) electrons. The van der Waals surface area contributed by atoms with Crippen molar-refractivity contribution >= 4 is 11.7 Å². The second-order valence-corrected chi connectivity index (χ2v) is 3.78. The average molecular weight is 223 g/mol. The van der Waals surface area contributed by atoms with E-state index in [2.05, 4.69) is 6.58 Å². The van der Waals surface area contributed by atoms with Gasteiger partial charge in [-0.05, 0) is 25.1 Å². The topological polar surface area (TPSA) is 40.5 Å².